The molecule has 0 radical (unpaired) electrons. The molecule has 0 fully saturated rings. The second kappa shape index (κ2) is 6.75. The number of thioether (sulfide) groups is 1. The fraction of sp³-hybridized carbons (Fsp3) is 0.111. The van der Waals surface area contributed by atoms with Crippen LogP contribution in [0.1, 0.15) is 17.2 Å². The summed E-state index contributed by atoms with van der Waals surface area (Å²) in [5, 5.41) is 9.75. The molecule has 0 aliphatic carbocycles. The molecule has 1 aliphatic heterocycles. The molecule has 0 bridgehead atoms. The van der Waals surface area contributed by atoms with E-state index in [2.05, 4.69) is 33.6 Å². The van der Waals surface area contributed by atoms with Crippen molar-refractivity contribution in [3.8, 4) is 0 Å². The molecule has 2 heterocycles. The Morgan fingerprint density at radius 1 is 1.08 bits per heavy atom. The van der Waals surface area contributed by atoms with Crippen molar-refractivity contribution in [2.45, 2.75) is 11.2 Å². The highest BCUT2D eigenvalue weighted by Gasteiger charge is 2.25. The summed E-state index contributed by atoms with van der Waals surface area (Å²) < 4.78 is 1.87. The zero-order chi connectivity index (χ0) is 17.4. The molecule has 4 rings (SSSR count). The van der Waals surface area contributed by atoms with E-state index in [-0.39, 0.29) is 6.04 Å². The molecule has 0 saturated carbocycles. The third-order valence-electron chi connectivity index (χ3n) is 4.00. The van der Waals surface area contributed by atoms with Gasteiger partial charge in [-0.2, -0.15) is 4.98 Å². The molecule has 0 saturated heterocycles. The number of rotatable bonds is 3. The molecule has 1 N–H and O–H groups in total. The number of hydrogen-bond donors (Lipinski definition) is 1. The van der Waals surface area contributed by atoms with Crippen molar-refractivity contribution in [3.63, 3.8) is 0 Å². The summed E-state index contributed by atoms with van der Waals surface area (Å²) in [6.45, 7) is 0. The minimum atomic E-state index is -0.116. The summed E-state index contributed by atoms with van der Waals surface area (Å²) in [5.74, 6) is 0.710. The fourth-order valence-electron chi connectivity index (χ4n) is 2.78. The molecule has 2 aromatic carbocycles. The van der Waals surface area contributed by atoms with Gasteiger partial charge in [-0.15, -0.1) is 5.10 Å². The van der Waals surface area contributed by atoms with E-state index in [0.29, 0.717) is 16.0 Å². The van der Waals surface area contributed by atoms with Crippen molar-refractivity contribution in [1.29, 1.82) is 0 Å². The highest BCUT2D eigenvalue weighted by molar-refractivity contribution is 7.98. The van der Waals surface area contributed by atoms with Crippen LogP contribution in [0.25, 0.3) is 5.70 Å². The number of benzene rings is 2. The van der Waals surface area contributed by atoms with Gasteiger partial charge in [-0.1, -0.05) is 71.4 Å². The van der Waals surface area contributed by atoms with Crippen molar-refractivity contribution >= 4 is 46.6 Å². The first kappa shape index (κ1) is 16.5. The van der Waals surface area contributed by atoms with E-state index in [1.54, 1.807) is 0 Å². The Labute approximate surface area is 159 Å². The lowest BCUT2D eigenvalue weighted by Gasteiger charge is -2.24. The van der Waals surface area contributed by atoms with Gasteiger partial charge in [0.25, 0.3) is 0 Å². The Balaban J connectivity index is 1.85. The predicted octanol–water partition coefficient (Wildman–Crippen LogP) is 5.36. The van der Waals surface area contributed by atoms with Crippen molar-refractivity contribution in [2.24, 2.45) is 0 Å². The van der Waals surface area contributed by atoms with E-state index < -0.39 is 0 Å². The average Bonchev–Trinajstić information content (AvgIpc) is 3.07. The van der Waals surface area contributed by atoms with Gasteiger partial charge in [-0.05, 0) is 35.6 Å². The minimum absolute atomic E-state index is 0.116. The molecular formula is C18H14Cl2N4S. The van der Waals surface area contributed by atoms with E-state index in [1.165, 1.54) is 11.8 Å². The smallest absolute Gasteiger partial charge is 0.227 e. The monoisotopic (exact) mass is 388 g/mol. The second-order valence-corrected chi connectivity index (χ2v) is 7.14. The van der Waals surface area contributed by atoms with Gasteiger partial charge >= 0.3 is 0 Å². The van der Waals surface area contributed by atoms with Crippen LogP contribution >= 0.6 is 35.0 Å². The maximum Gasteiger partial charge on any atom is 0.227 e. The number of nitrogens with zero attached hydrogens (tertiary/aromatic N) is 3. The van der Waals surface area contributed by atoms with E-state index in [1.807, 2.05) is 47.3 Å². The van der Waals surface area contributed by atoms with Crippen molar-refractivity contribution in [2.75, 3.05) is 11.6 Å². The average molecular weight is 389 g/mol. The van der Waals surface area contributed by atoms with E-state index in [9.17, 15) is 0 Å². The third kappa shape index (κ3) is 3.15. The summed E-state index contributed by atoms with van der Waals surface area (Å²) in [4.78, 5) is 4.56. The third-order valence-corrected chi connectivity index (χ3v) is 5.28. The highest BCUT2D eigenvalue weighted by atomic mass is 35.5. The molecule has 0 amide bonds. The summed E-state index contributed by atoms with van der Waals surface area (Å²) in [5.41, 5.74) is 3.08. The first-order valence-corrected chi connectivity index (χ1v) is 9.63. The Morgan fingerprint density at radius 3 is 2.60 bits per heavy atom. The van der Waals surface area contributed by atoms with Crippen LogP contribution in [0.5, 0.6) is 0 Å². The number of hydrogen-bond acceptors (Lipinski definition) is 4. The number of halogens is 2. The Hall–Kier alpha value is -1.95. The van der Waals surface area contributed by atoms with Crippen LogP contribution < -0.4 is 5.32 Å². The summed E-state index contributed by atoms with van der Waals surface area (Å²) in [7, 11) is 0. The molecule has 4 nitrogen and oxygen atoms in total. The maximum atomic E-state index is 6.23. The molecule has 1 aromatic heterocycles. The van der Waals surface area contributed by atoms with E-state index in [4.69, 9.17) is 23.2 Å². The Kier molecular flexibility index (Phi) is 4.46. The van der Waals surface area contributed by atoms with Crippen molar-refractivity contribution in [3.05, 3.63) is 75.8 Å². The maximum absolute atomic E-state index is 6.23. The zero-order valence-electron chi connectivity index (χ0n) is 13.3. The molecule has 126 valence electrons. The van der Waals surface area contributed by atoms with Crippen LogP contribution in [-0.2, 0) is 0 Å². The predicted molar refractivity (Wildman–Crippen MR) is 104 cm³/mol. The van der Waals surface area contributed by atoms with Crippen LogP contribution in [0.15, 0.2) is 59.8 Å². The standard InChI is InChI=1S/C18H14Cl2N4S/c1-25-18-22-17-21-15(11-5-3-2-4-6-11)10-16(24(17)23-18)12-7-8-13(19)14(20)9-12/h2-10,16H,1H3,(H,21,22,23)/t16-/m0/s1. The van der Waals surface area contributed by atoms with Gasteiger partial charge in [0.05, 0.1) is 10.0 Å². The van der Waals surface area contributed by atoms with Gasteiger partial charge in [0, 0.05) is 5.70 Å². The Morgan fingerprint density at radius 2 is 1.88 bits per heavy atom. The van der Waals surface area contributed by atoms with Crippen LogP contribution in [0.3, 0.4) is 0 Å². The molecular weight excluding hydrogens is 375 g/mol. The van der Waals surface area contributed by atoms with Crippen molar-refractivity contribution < 1.29 is 0 Å². The van der Waals surface area contributed by atoms with Gasteiger partial charge in [0.1, 0.15) is 6.04 Å². The van der Waals surface area contributed by atoms with Gasteiger partial charge < -0.3 is 5.32 Å². The molecule has 25 heavy (non-hydrogen) atoms. The lowest BCUT2D eigenvalue weighted by Crippen LogP contribution is -2.20. The normalized spacial score (nSPS) is 16.1. The second-order valence-electron chi connectivity index (χ2n) is 5.56. The van der Waals surface area contributed by atoms with Crippen LogP contribution in [0.4, 0.5) is 5.95 Å². The molecule has 0 unspecified atom stereocenters. The van der Waals surface area contributed by atoms with E-state index >= 15 is 0 Å². The molecule has 1 aliphatic rings. The first-order valence-electron chi connectivity index (χ1n) is 7.65. The molecule has 0 spiro atoms. The fourth-order valence-corrected chi connectivity index (χ4v) is 3.43. The molecule has 1 atom stereocenters. The summed E-state index contributed by atoms with van der Waals surface area (Å²) in [6.07, 6.45) is 4.09. The molecule has 3 aromatic rings. The minimum Gasteiger partial charge on any atom is -0.324 e. The number of anilines is 1. The lowest BCUT2D eigenvalue weighted by atomic mass is 10.0. The molecule has 7 heteroatoms. The SMILES string of the molecule is CSc1nc2n(n1)[C@H](c1ccc(Cl)c(Cl)c1)C=C(c1ccccc1)N2. The zero-order valence-corrected chi connectivity index (χ0v) is 15.6. The van der Waals surface area contributed by atoms with Crippen LogP contribution in [0, 0.1) is 0 Å². The van der Waals surface area contributed by atoms with Gasteiger partial charge in [-0.25, -0.2) is 4.68 Å². The number of fused-ring (bicyclic) bond motifs is 1. The van der Waals surface area contributed by atoms with Crippen LogP contribution in [-0.4, -0.2) is 21.0 Å². The summed E-state index contributed by atoms with van der Waals surface area (Å²) in [6, 6.07) is 15.7. The summed E-state index contributed by atoms with van der Waals surface area (Å²) >= 11 is 13.8. The largest absolute Gasteiger partial charge is 0.324 e. The topological polar surface area (TPSA) is 42.7 Å². The quantitative estimate of drug-likeness (QED) is 0.612. The van der Waals surface area contributed by atoms with Crippen LogP contribution in [0.2, 0.25) is 10.0 Å². The van der Waals surface area contributed by atoms with Crippen molar-refractivity contribution in [1.82, 2.24) is 14.8 Å². The number of allylic oxidation sites excluding steroid dienone is 1. The lowest BCUT2D eigenvalue weighted by molar-refractivity contribution is 0.598. The van der Waals surface area contributed by atoms with Gasteiger partial charge in [0.2, 0.25) is 11.1 Å². The Bertz CT molecular complexity index is 953. The number of aromatic nitrogens is 3. The first-order chi connectivity index (χ1) is 12.2. The highest BCUT2D eigenvalue weighted by Crippen LogP contribution is 2.35. The van der Waals surface area contributed by atoms with Gasteiger partial charge in [-0.3, -0.25) is 0 Å². The van der Waals surface area contributed by atoms with E-state index in [0.717, 1.165) is 22.0 Å². The number of nitrogens with one attached hydrogen (secondary N) is 1. The van der Waals surface area contributed by atoms with Gasteiger partial charge in [0.15, 0.2) is 0 Å².